The second kappa shape index (κ2) is 7.83. The van der Waals surface area contributed by atoms with Gasteiger partial charge in [-0.3, -0.25) is 4.68 Å². The van der Waals surface area contributed by atoms with Crippen LogP contribution in [-0.4, -0.2) is 28.1 Å². The lowest BCUT2D eigenvalue weighted by Gasteiger charge is -2.14. The third kappa shape index (κ3) is 6.36. The van der Waals surface area contributed by atoms with Crippen LogP contribution in [0.1, 0.15) is 39.5 Å². The molecule has 5 nitrogen and oxygen atoms in total. The Morgan fingerprint density at radius 1 is 1.28 bits per heavy atom. The summed E-state index contributed by atoms with van der Waals surface area (Å²) in [6.07, 6.45) is 7.86. The van der Waals surface area contributed by atoms with Crippen LogP contribution in [-0.2, 0) is 6.54 Å². The van der Waals surface area contributed by atoms with Gasteiger partial charge in [0.1, 0.15) is 0 Å². The number of aromatic nitrogens is 3. The summed E-state index contributed by atoms with van der Waals surface area (Å²) in [5, 5.41) is 20.0. The van der Waals surface area contributed by atoms with E-state index in [0.717, 1.165) is 45.3 Å². The maximum Gasteiger partial charge on any atom is 0.0692 e. The molecule has 0 saturated carbocycles. The molecule has 0 aromatic carbocycles. The van der Waals surface area contributed by atoms with Gasteiger partial charge in [-0.25, -0.2) is 0 Å². The highest BCUT2D eigenvalue weighted by Crippen LogP contribution is 2.21. The lowest BCUT2D eigenvalue weighted by Crippen LogP contribution is -2.19. The molecule has 0 unspecified atom stereocenters. The van der Waals surface area contributed by atoms with Crippen LogP contribution in [0.4, 0.5) is 0 Å². The molecule has 0 aliphatic heterocycles. The topological polar surface area (TPSA) is 66.5 Å². The van der Waals surface area contributed by atoms with Gasteiger partial charge in [-0.2, -0.15) is 5.26 Å². The molecule has 5 heteroatoms. The SMILES string of the molecule is CC(C)(C#N)CCCCNCCCn1ccnn1. The molecule has 0 bridgehead atoms. The summed E-state index contributed by atoms with van der Waals surface area (Å²) in [5.41, 5.74) is -0.174. The molecule has 0 amide bonds. The Labute approximate surface area is 109 Å². The minimum atomic E-state index is -0.174. The summed E-state index contributed by atoms with van der Waals surface area (Å²) in [4.78, 5) is 0. The van der Waals surface area contributed by atoms with E-state index in [1.54, 1.807) is 6.20 Å². The molecule has 1 aromatic heterocycles. The molecule has 0 aliphatic carbocycles. The predicted molar refractivity (Wildman–Crippen MR) is 70.8 cm³/mol. The van der Waals surface area contributed by atoms with Gasteiger partial charge in [0.05, 0.1) is 17.7 Å². The normalized spacial score (nSPS) is 11.4. The largest absolute Gasteiger partial charge is 0.317 e. The first-order chi connectivity index (χ1) is 8.64. The number of aryl methyl sites for hydroxylation is 1. The average Bonchev–Trinajstić information content (AvgIpc) is 2.85. The molecule has 0 aliphatic rings. The van der Waals surface area contributed by atoms with E-state index in [1.165, 1.54) is 0 Å². The summed E-state index contributed by atoms with van der Waals surface area (Å²) in [5.74, 6) is 0. The fourth-order valence-corrected chi connectivity index (χ4v) is 1.72. The molecular formula is C13H23N5. The van der Waals surface area contributed by atoms with Crippen LogP contribution in [0.5, 0.6) is 0 Å². The average molecular weight is 249 g/mol. The van der Waals surface area contributed by atoms with Crippen LogP contribution in [0.2, 0.25) is 0 Å². The van der Waals surface area contributed by atoms with Crippen molar-refractivity contribution in [1.82, 2.24) is 20.3 Å². The van der Waals surface area contributed by atoms with Crippen molar-refractivity contribution in [2.75, 3.05) is 13.1 Å². The standard InChI is InChI=1S/C13H23N5/c1-13(2,12-14)6-3-4-7-15-8-5-10-18-11-9-16-17-18/h9,11,15H,3-8,10H2,1-2H3. The number of rotatable bonds is 9. The summed E-state index contributed by atoms with van der Waals surface area (Å²) >= 11 is 0. The first-order valence-corrected chi connectivity index (χ1v) is 6.60. The van der Waals surface area contributed by atoms with Crippen molar-refractivity contribution in [2.45, 2.75) is 46.1 Å². The lowest BCUT2D eigenvalue weighted by molar-refractivity contribution is 0.421. The minimum absolute atomic E-state index is 0.174. The van der Waals surface area contributed by atoms with E-state index in [0.29, 0.717) is 0 Å². The van der Waals surface area contributed by atoms with Crippen LogP contribution in [0, 0.1) is 16.7 Å². The van der Waals surface area contributed by atoms with E-state index in [4.69, 9.17) is 5.26 Å². The predicted octanol–water partition coefficient (Wildman–Crippen LogP) is 1.98. The molecule has 0 radical (unpaired) electrons. The maximum absolute atomic E-state index is 8.88. The van der Waals surface area contributed by atoms with Gasteiger partial charge < -0.3 is 5.32 Å². The number of nitrogens with one attached hydrogen (secondary N) is 1. The van der Waals surface area contributed by atoms with Gasteiger partial charge in [-0.1, -0.05) is 11.6 Å². The van der Waals surface area contributed by atoms with Crippen LogP contribution < -0.4 is 5.32 Å². The van der Waals surface area contributed by atoms with E-state index in [2.05, 4.69) is 21.7 Å². The number of nitriles is 1. The number of hydrogen-bond acceptors (Lipinski definition) is 4. The zero-order valence-corrected chi connectivity index (χ0v) is 11.4. The Bertz CT molecular complexity index is 350. The van der Waals surface area contributed by atoms with Crippen LogP contribution in [0.15, 0.2) is 12.4 Å². The monoisotopic (exact) mass is 249 g/mol. The molecule has 1 aromatic rings. The quantitative estimate of drug-likeness (QED) is 0.680. The molecule has 0 fully saturated rings. The highest BCUT2D eigenvalue weighted by molar-refractivity contribution is 4.91. The second-order valence-corrected chi connectivity index (χ2v) is 5.22. The summed E-state index contributed by atoms with van der Waals surface area (Å²) in [7, 11) is 0. The fraction of sp³-hybridized carbons (Fsp3) is 0.769. The van der Waals surface area contributed by atoms with E-state index >= 15 is 0 Å². The number of hydrogen-bond donors (Lipinski definition) is 1. The first-order valence-electron chi connectivity index (χ1n) is 6.60. The van der Waals surface area contributed by atoms with Crippen LogP contribution >= 0.6 is 0 Å². The van der Waals surface area contributed by atoms with Crippen molar-refractivity contribution < 1.29 is 0 Å². The Morgan fingerprint density at radius 3 is 2.72 bits per heavy atom. The zero-order valence-electron chi connectivity index (χ0n) is 11.4. The molecule has 1 heterocycles. The smallest absolute Gasteiger partial charge is 0.0692 e. The molecule has 100 valence electrons. The summed E-state index contributed by atoms with van der Waals surface area (Å²) in [6, 6.07) is 2.33. The first kappa shape index (κ1) is 14.7. The Morgan fingerprint density at radius 2 is 2.06 bits per heavy atom. The maximum atomic E-state index is 8.88. The van der Waals surface area contributed by atoms with Gasteiger partial charge >= 0.3 is 0 Å². The Kier molecular flexibility index (Phi) is 6.37. The highest BCUT2D eigenvalue weighted by atomic mass is 15.4. The van der Waals surface area contributed by atoms with Gasteiger partial charge in [0.25, 0.3) is 0 Å². The van der Waals surface area contributed by atoms with Crippen LogP contribution in [0.3, 0.4) is 0 Å². The van der Waals surface area contributed by atoms with Gasteiger partial charge in [0.2, 0.25) is 0 Å². The van der Waals surface area contributed by atoms with Gasteiger partial charge in [0.15, 0.2) is 0 Å². The van der Waals surface area contributed by atoms with Crippen LogP contribution in [0.25, 0.3) is 0 Å². The van der Waals surface area contributed by atoms with Crippen molar-refractivity contribution in [3.05, 3.63) is 12.4 Å². The zero-order chi connectivity index (χ0) is 13.3. The highest BCUT2D eigenvalue weighted by Gasteiger charge is 2.14. The fourth-order valence-electron chi connectivity index (χ4n) is 1.72. The van der Waals surface area contributed by atoms with Gasteiger partial charge in [-0.05, 0) is 46.2 Å². The summed E-state index contributed by atoms with van der Waals surface area (Å²) in [6.45, 7) is 6.94. The Balaban J connectivity index is 1.89. The van der Waals surface area contributed by atoms with Crippen molar-refractivity contribution >= 4 is 0 Å². The van der Waals surface area contributed by atoms with E-state index in [1.807, 2.05) is 24.7 Å². The molecule has 0 saturated heterocycles. The number of unbranched alkanes of at least 4 members (excludes halogenated alkanes) is 1. The van der Waals surface area contributed by atoms with Gasteiger partial charge in [0, 0.05) is 12.7 Å². The van der Waals surface area contributed by atoms with E-state index < -0.39 is 0 Å². The number of nitrogens with zero attached hydrogens (tertiary/aromatic N) is 4. The Hall–Kier alpha value is -1.41. The van der Waals surface area contributed by atoms with Crippen molar-refractivity contribution in [1.29, 1.82) is 5.26 Å². The molecule has 18 heavy (non-hydrogen) atoms. The minimum Gasteiger partial charge on any atom is -0.317 e. The molecule has 0 spiro atoms. The van der Waals surface area contributed by atoms with E-state index in [-0.39, 0.29) is 5.41 Å². The van der Waals surface area contributed by atoms with Crippen molar-refractivity contribution in [3.8, 4) is 6.07 Å². The molecule has 0 atom stereocenters. The molecular weight excluding hydrogens is 226 g/mol. The van der Waals surface area contributed by atoms with Crippen molar-refractivity contribution in [2.24, 2.45) is 5.41 Å². The second-order valence-electron chi connectivity index (χ2n) is 5.22. The third-order valence-electron chi connectivity index (χ3n) is 2.92. The third-order valence-corrected chi connectivity index (χ3v) is 2.92. The van der Waals surface area contributed by atoms with E-state index in [9.17, 15) is 0 Å². The van der Waals surface area contributed by atoms with Gasteiger partial charge in [-0.15, -0.1) is 5.10 Å². The summed E-state index contributed by atoms with van der Waals surface area (Å²) < 4.78 is 1.84. The molecule has 1 N–H and O–H groups in total. The van der Waals surface area contributed by atoms with Crippen molar-refractivity contribution in [3.63, 3.8) is 0 Å². The lowest BCUT2D eigenvalue weighted by atomic mass is 9.89. The molecule has 1 rings (SSSR count).